The number of carbonyl (C=O) groups excluding carboxylic acids is 5. The van der Waals surface area contributed by atoms with E-state index in [1.54, 1.807) is 30.3 Å². The van der Waals surface area contributed by atoms with Crippen LogP contribution in [0.5, 0.6) is 0 Å². The first-order valence-corrected chi connectivity index (χ1v) is 13.7. The summed E-state index contributed by atoms with van der Waals surface area (Å²) in [6.07, 6.45) is 7.87. The predicted octanol–water partition coefficient (Wildman–Crippen LogP) is -2.11. The molecule has 0 aliphatic rings. The number of amides is 5. The first-order valence-electron chi connectivity index (χ1n) is 13.7. The summed E-state index contributed by atoms with van der Waals surface area (Å²) >= 11 is 0. The molecule has 14 heteroatoms. The Morgan fingerprint density at radius 3 is 1.74 bits per heavy atom. The van der Waals surface area contributed by atoms with E-state index in [0.29, 0.717) is 44.3 Å². The standard InChI is InChI=1S/C28H41N7O7/c1-2-23(36)33-20(12-6-8-14-29)26(39)31-18-25(38)35-22(16-19-10-4-3-5-11-19)27(40)32-17-24(37)34-21(28(41)42)13-7-9-15-30/h1,3-5,10-11,20-22H,6-9,12-18,29-30H2,(H,31,39)(H,32,40)(H,33,36)(H,34,37)(H,35,38)(H,41,42)/t20-,21?,22-/m0/s1. The maximum Gasteiger partial charge on any atom is 0.326 e. The molecule has 0 spiro atoms. The van der Waals surface area contributed by atoms with Crippen molar-refractivity contribution in [3.63, 3.8) is 0 Å². The topological polar surface area (TPSA) is 235 Å². The predicted molar refractivity (Wildman–Crippen MR) is 154 cm³/mol. The maximum absolute atomic E-state index is 13.0. The minimum atomic E-state index is -1.21. The van der Waals surface area contributed by atoms with Gasteiger partial charge in [0, 0.05) is 6.42 Å². The third-order valence-corrected chi connectivity index (χ3v) is 6.06. The Hall–Kier alpha value is -4.48. The Kier molecular flexibility index (Phi) is 17.3. The molecule has 0 aliphatic carbocycles. The molecule has 1 unspecified atom stereocenters. The van der Waals surface area contributed by atoms with Crippen LogP contribution in [-0.4, -0.2) is 84.9 Å². The van der Waals surface area contributed by atoms with Gasteiger partial charge in [0.25, 0.3) is 5.91 Å². The molecule has 230 valence electrons. The second-order valence-electron chi connectivity index (χ2n) is 9.44. The van der Waals surface area contributed by atoms with E-state index in [1.165, 1.54) is 0 Å². The number of benzene rings is 1. The van der Waals surface area contributed by atoms with Crippen molar-refractivity contribution in [2.45, 2.75) is 63.1 Å². The fourth-order valence-corrected chi connectivity index (χ4v) is 3.84. The molecule has 5 amide bonds. The van der Waals surface area contributed by atoms with Crippen LogP contribution in [0, 0.1) is 12.3 Å². The van der Waals surface area contributed by atoms with E-state index in [4.69, 9.17) is 17.9 Å². The second-order valence-corrected chi connectivity index (χ2v) is 9.44. The van der Waals surface area contributed by atoms with E-state index in [0.717, 1.165) is 0 Å². The molecule has 0 fully saturated rings. The normalized spacial score (nSPS) is 12.5. The van der Waals surface area contributed by atoms with Gasteiger partial charge in [-0.1, -0.05) is 30.3 Å². The average Bonchev–Trinajstić information content (AvgIpc) is 2.97. The fraction of sp³-hybridized carbons (Fsp3) is 0.500. The molecule has 10 N–H and O–H groups in total. The van der Waals surface area contributed by atoms with Crippen LogP contribution in [0.4, 0.5) is 0 Å². The van der Waals surface area contributed by atoms with Crippen LogP contribution in [0.1, 0.15) is 44.1 Å². The van der Waals surface area contributed by atoms with E-state index in [9.17, 15) is 33.9 Å². The second kappa shape index (κ2) is 20.4. The summed E-state index contributed by atoms with van der Waals surface area (Å²) in [5.74, 6) is -2.84. The molecule has 14 nitrogen and oxygen atoms in total. The van der Waals surface area contributed by atoms with E-state index >= 15 is 0 Å². The lowest BCUT2D eigenvalue weighted by molar-refractivity contribution is -0.142. The van der Waals surface area contributed by atoms with Gasteiger partial charge in [0.1, 0.15) is 18.1 Å². The molecule has 0 aliphatic heterocycles. The highest BCUT2D eigenvalue weighted by molar-refractivity contribution is 5.97. The quantitative estimate of drug-likeness (QED) is 0.0615. The molecule has 1 aromatic carbocycles. The largest absolute Gasteiger partial charge is 0.480 e. The van der Waals surface area contributed by atoms with Crippen LogP contribution >= 0.6 is 0 Å². The van der Waals surface area contributed by atoms with Crippen molar-refractivity contribution in [2.24, 2.45) is 11.5 Å². The van der Waals surface area contributed by atoms with Gasteiger partial charge < -0.3 is 43.2 Å². The van der Waals surface area contributed by atoms with E-state index < -0.39 is 66.7 Å². The highest BCUT2D eigenvalue weighted by Crippen LogP contribution is 2.05. The summed E-state index contributed by atoms with van der Waals surface area (Å²) in [5, 5.41) is 21.5. The third-order valence-electron chi connectivity index (χ3n) is 6.06. The van der Waals surface area contributed by atoms with Crippen molar-refractivity contribution in [2.75, 3.05) is 26.2 Å². The number of nitrogens with one attached hydrogen (secondary N) is 5. The van der Waals surface area contributed by atoms with Crippen molar-refractivity contribution in [1.29, 1.82) is 0 Å². The van der Waals surface area contributed by atoms with Gasteiger partial charge in [-0.3, -0.25) is 24.0 Å². The number of carbonyl (C=O) groups is 6. The van der Waals surface area contributed by atoms with Crippen molar-refractivity contribution in [3.8, 4) is 12.3 Å². The zero-order valence-electron chi connectivity index (χ0n) is 23.5. The number of carboxylic acids is 1. The fourth-order valence-electron chi connectivity index (χ4n) is 3.84. The van der Waals surface area contributed by atoms with Crippen molar-refractivity contribution in [3.05, 3.63) is 35.9 Å². The van der Waals surface area contributed by atoms with Crippen molar-refractivity contribution >= 4 is 35.5 Å². The SMILES string of the molecule is C#CC(=O)N[C@@H](CCCCN)C(=O)NCC(=O)N[C@@H](Cc1ccccc1)C(=O)NCC(=O)NC(CCCCN)C(=O)O. The number of unbranched alkanes of at least 4 members (excludes halogenated alkanes) is 2. The Bertz CT molecular complexity index is 1090. The van der Waals surface area contributed by atoms with Crippen LogP contribution in [0.25, 0.3) is 0 Å². The lowest BCUT2D eigenvalue weighted by Crippen LogP contribution is -2.54. The first-order chi connectivity index (χ1) is 20.1. The number of aliphatic carboxylic acids is 1. The number of nitrogens with two attached hydrogens (primary N) is 2. The van der Waals surface area contributed by atoms with Crippen LogP contribution in [0.3, 0.4) is 0 Å². The lowest BCUT2D eigenvalue weighted by atomic mass is 10.1. The highest BCUT2D eigenvalue weighted by Gasteiger charge is 2.25. The summed E-state index contributed by atoms with van der Waals surface area (Å²) in [7, 11) is 0. The molecule has 1 rings (SSSR count). The zero-order valence-corrected chi connectivity index (χ0v) is 23.5. The Balaban J connectivity index is 2.80. The molecule has 42 heavy (non-hydrogen) atoms. The maximum atomic E-state index is 13.0. The molecule has 3 atom stereocenters. The molecule has 0 aromatic heterocycles. The molecule has 0 saturated carbocycles. The van der Waals surface area contributed by atoms with Gasteiger partial charge in [0.05, 0.1) is 13.1 Å². The minimum absolute atomic E-state index is 0.0742. The van der Waals surface area contributed by atoms with Crippen molar-refractivity contribution in [1.82, 2.24) is 26.6 Å². The number of rotatable bonds is 20. The highest BCUT2D eigenvalue weighted by atomic mass is 16.4. The number of terminal acetylenes is 1. The minimum Gasteiger partial charge on any atom is -0.480 e. The summed E-state index contributed by atoms with van der Waals surface area (Å²) in [6.45, 7) is -0.218. The van der Waals surface area contributed by atoms with Crippen LogP contribution < -0.4 is 38.1 Å². The van der Waals surface area contributed by atoms with Gasteiger partial charge >= 0.3 is 5.97 Å². The summed E-state index contributed by atoms with van der Waals surface area (Å²) in [6, 6.07) is 5.57. The molecule has 0 saturated heterocycles. The Morgan fingerprint density at radius 1 is 0.738 bits per heavy atom. The smallest absolute Gasteiger partial charge is 0.326 e. The molecule has 0 heterocycles. The van der Waals surface area contributed by atoms with Crippen molar-refractivity contribution < 1.29 is 33.9 Å². The lowest BCUT2D eigenvalue weighted by Gasteiger charge is -2.20. The Morgan fingerprint density at radius 2 is 1.24 bits per heavy atom. The van der Waals surface area contributed by atoms with E-state index in [-0.39, 0.29) is 19.3 Å². The van der Waals surface area contributed by atoms with Gasteiger partial charge in [-0.25, -0.2) is 4.79 Å². The monoisotopic (exact) mass is 587 g/mol. The number of hydrogen-bond acceptors (Lipinski definition) is 8. The van der Waals surface area contributed by atoms with Crippen LogP contribution in [0.2, 0.25) is 0 Å². The van der Waals surface area contributed by atoms with Gasteiger partial charge in [0.2, 0.25) is 23.6 Å². The van der Waals surface area contributed by atoms with E-state index in [2.05, 4.69) is 26.6 Å². The number of carboxylic acid groups (broad SMARTS) is 1. The molecular formula is C28H41N7O7. The molecule has 0 bridgehead atoms. The summed E-state index contributed by atoms with van der Waals surface area (Å²) in [5.41, 5.74) is 11.6. The number of hydrogen-bond donors (Lipinski definition) is 8. The summed E-state index contributed by atoms with van der Waals surface area (Å²) in [4.78, 5) is 73.7. The first kappa shape index (κ1) is 35.5. The van der Waals surface area contributed by atoms with Gasteiger partial charge in [-0.05, 0) is 63.1 Å². The average molecular weight is 588 g/mol. The molecule has 1 aromatic rings. The van der Waals surface area contributed by atoms with Crippen LogP contribution in [0.15, 0.2) is 30.3 Å². The van der Waals surface area contributed by atoms with Gasteiger partial charge in [0.15, 0.2) is 0 Å². The zero-order chi connectivity index (χ0) is 31.3. The van der Waals surface area contributed by atoms with Gasteiger partial charge in [-0.2, -0.15) is 0 Å². The molecule has 0 radical (unpaired) electrons. The van der Waals surface area contributed by atoms with E-state index in [1.807, 2.05) is 5.92 Å². The summed E-state index contributed by atoms with van der Waals surface area (Å²) < 4.78 is 0. The third kappa shape index (κ3) is 14.8. The Labute approximate surface area is 245 Å². The van der Waals surface area contributed by atoms with Gasteiger partial charge in [-0.15, -0.1) is 6.42 Å². The van der Waals surface area contributed by atoms with Crippen LogP contribution in [-0.2, 0) is 35.2 Å². The molecular weight excluding hydrogens is 546 g/mol.